The van der Waals surface area contributed by atoms with Gasteiger partial charge in [0.2, 0.25) is 5.69 Å². The first-order valence-electron chi connectivity index (χ1n) is 15.9. The van der Waals surface area contributed by atoms with Gasteiger partial charge in [-0.15, -0.1) is 0 Å². The van der Waals surface area contributed by atoms with E-state index in [1.165, 1.54) is 0 Å². The van der Waals surface area contributed by atoms with E-state index < -0.39 is 42.8 Å². The minimum Gasteiger partial charge on any atom is -0.462 e. The summed E-state index contributed by atoms with van der Waals surface area (Å²) in [5.74, 6) is -1.17. The van der Waals surface area contributed by atoms with Gasteiger partial charge in [0.15, 0.2) is 5.71 Å². The number of benzene rings is 2. The molecule has 10 nitrogen and oxygen atoms in total. The second-order valence-electron chi connectivity index (χ2n) is 13.4. The Morgan fingerprint density at radius 3 is 2.26 bits per heavy atom. The average molecular weight is 688 g/mol. The van der Waals surface area contributed by atoms with E-state index in [9.17, 15) is 30.7 Å². The normalized spacial score (nSPS) is 17.9. The molecule has 2 N–H and O–H groups in total. The van der Waals surface area contributed by atoms with Crippen molar-refractivity contribution in [2.24, 2.45) is 0 Å². The van der Waals surface area contributed by atoms with Crippen LogP contribution in [0.2, 0.25) is 0 Å². The number of carbonyl (C=O) groups is 1. The minimum atomic E-state index is -4.16. The van der Waals surface area contributed by atoms with Crippen LogP contribution in [0.1, 0.15) is 86.5 Å². The number of aryl methyl sites for hydroxylation is 2. The number of carbonyl (C=O) groups excluding carboxylic acids is 1. The van der Waals surface area contributed by atoms with Crippen molar-refractivity contribution in [3.05, 3.63) is 82.1 Å². The van der Waals surface area contributed by atoms with E-state index >= 15 is 0 Å². The molecule has 0 radical (unpaired) electrons. The molecule has 0 saturated heterocycles. The number of anilines is 1. The lowest BCUT2D eigenvalue weighted by Crippen LogP contribution is -2.30. The zero-order chi connectivity index (χ0) is 34.9. The van der Waals surface area contributed by atoms with Crippen LogP contribution >= 0.6 is 0 Å². The molecule has 2 aliphatic rings. The predicted octanol–water partition coefficient (Wildman–Crippen LogP) is 6.04. The summed E-state index contributed by atoms with van der Waals surface area (Å²) in [6, 6.07) is 9.67. The van der Waals surface area contributed by atoms with Gasteiger partial charge in [-0.3, -0.25) is 9.11 Å². The highest BCUT2D eigenvalue weighted by molar-refractivity contribution is 7.86. The van der Waals surface area contributed by atoms with Crippen molar-refractivity contribution in [1.82, 2.24) is 0 Å². The predicted molar refractivity (Wildman–Crippen MR) is 185 cm³/mol. The molecule has 2 heterocycles. The molecule has 256 valence electrons. The molecule has 2 aromatic rings. The molecule has 0 atom stereocenters. The lowest BCUT2D eigenvalue weighted by Gasteiger charge is -2.27. The molecule has 0 saturated carbocycles. The molecule has 2 aromatic carbocycles. The van der Waals surface area contributed by atoms with Crippen molar-refractivity contribution in [3.8, 4) is 0 Å². The number of esters is 1. The van der Waals surface area contributed by atoms with Gasteiger partial charge >= 0.3 is 5.97 Å². The summed E-state index contributed by atoms with van der Waals surface area (Å²) in [7, 11) is -8.28. The third kappa shape index (κ3) is 7.88. The van der Waals surface area contributed by atoms with E-state index in [0.717, 1.165) is 45.0 Å². The molecule has 0 spiro atoms. The van der Waals surface area contributed by atoms with Gasteiger partial charge in [-0.2, -0.15) is 21.4 Å². The van der Waals surface area contributed by atoms with Crippen LogP contribution < -0.4 is 4.90 Å². The topological polar surface area (TPSA) is 141 Å². The summed E-state index contributed by atoms with van der Waals surface area (Å²) < 4.78 is 72.6. The summed E-state index contributed by atoms with van der Waals surface area (Å²) in [5.41, 5.74) is 7.10. The third-order valence-electron chi connectivity index (χ3n) is 8.93. The maximum absolute atomic E-state index is 13.2. The first-order valence-corrected chi connectivity index (χ1v) is 19.2. The van der Waals surface area contributed by atoms with Gasteiger partial charge in [0.1, 0.15) is 6.54 Å². The summed E-state index contributed by atoms with van der Waals surface area (Å²) in [6.45, 7) is 15.3. The molecule has 0 bridgehead atoms. The van der Waals surface area contributed by atoms with Crippen LogP contribution in [0.3, 0.4) is 0 Å². The number of fused-ring (bicyclic) bond motifs is 2. The van der Waals surface area contributed by atoms with E-state index in [4.69, 9.17) is 4.74 Å². The first kappa shape index (κ1) is 36.5. The van der Waals surface area contributed by atoms with Crippen LogP contribution in [0.5, 0.6) is 0 Å². The van der Waals surface area contributed by atoms with Crippen molar-refractivity contribution >= 4 is 43.3 Å². The highest BCUT2D eigenvalue weighted by Crippen LogP contribution is 2.50. The Bertz CT molecular complexity index is 1870. The van der Waals surface area contributed by atoms with Gasteiger partial charge in [0.05, 0.1) is 34.7 Å². The van der Waals surface area contributed by atoms with Crippen molar-refractivity contribution in [3.63, 3.8) is 0 Å². The van der Waals surface area contributed by atoms with Gasteiger partial charge in [-0.1, -0.05) is 39.0 Å². The maximum atomic E-state index is 13.2. The van der Waals surface area contributed by atoms with Crippen LogP contribution in [0.25, 0.3) is 0 Å². The van der Waals surface area contributed by atoms with E-state index in [1.54, 1.807) is 12.1 Å². The lowest BCUT2D eigenvalue weighted by molar-refractivity contribution is -0.437. The lowest BCUT2D eigenvalue weighted by atomic mass is 9.78. The molecule has 0 aromatic heterocycles. The van der Waals surface area contributed by atoms with Crippen molar-refractivity contribution in [1.29, 1.82) is 0 Å². The van der Waals surface area contributed by atoms with Crippen molar-refractivity contribution in [2.75, 3.05) is 36.1 Å². The Labute approximate surface area is 279 Å². The summed E-state index contributed by atoms with van der Waals surface area (Å²) in [6.07, 6.45) is 7.01. The number of allylic oxidation sites excluding steroid dienone is 4. The smallest absolute Gasteiger partial charge is 0.338 e. The van der Waals surface area contributed by atoms with E-state index in [0.29, 0.717) is 25.1 Å². The molecule has 4 rings (SSSR count). The molecule has 0 unspecified atom stereocenters. The first-order chi connectivity index (χ1) is 21.8. The third-order valence-corrected chi connectivity index (χ3v) is 10.5. The van der Waals surface area contributed by atoms with Crippen LogP contribution in [0.4, 0.5) is 11.4 Å². The molecule has 0 amide bonds. The maximum Gasteiger partial charge on any atom is 0.338 e. The number of ether oxygens (including phenoxy) is 1. The number of nitrogens with zero attached hydrogens (tertiary/aromatic N) is 2. The standard InChI is InChI=1S/C35H46N2O8S2/c1-8-19-45-33(38)26-13-9-14-27-32(26)35(6,7)30(36(27)17-11-20-46(39,40)41)16-10-15-29-34(4,5)31-25(3)22-24(2)23-28(31)37(29)18-12-21-47(42,43)44/h9-10,13-16,22-23H,8,11-12,17-21H2,1-7H3,(H-,39,40,41,42,43,44)/p+1. The molecule has 2 aliphatic heterocycles. The van der Waals surface area contributed by atoms with Crippen LogP contribution in [-0.4, -0.2) is 73.4 Å². The van der Waals surface area contributed by atoms with E-state index in [2.05, 4.69) is 37.8 Å². The zero-order valence-corrected chi connectivity index (χ0v) is 30.0. The molecule has 0 fully saturated rings. The average Bonchev–Trinajstić information content (AvgIpc) is 3.29. The number of rotatable bonds is 13. The Hall–Kier alpha value is -3.32. The number of hydrogen-bond donors (Lipinski definition) is 2. The number of hydrogen-bond acceptors (Lipinski definition) is 7. The largest absolute Gasteiger partial charge is 0.462 e. The van der Waals surface area contributed by atoms with Gasteiger partial charge in [-0.25, -0.2) is 4.79 Å². The Kier molecular flexibility index (Phi) is 10.6. The van der Waals surface area contributed by atoms with E-state index in [1.807, 2.05) is 56.6 Å². The monoisotopic (exact) mass is 687 g/mol. The van der Waals surface area contributed by atoms with Gasteiger partial charge < -0.3 is 9.64 Å². The second kappa shape index (κ2) is 13.7. The van der Waals surface area contributed by atoms with Gasteiger partial charge in [-0.05, 0) is 75.4 Å². The Balaban J connectivity index is 1.81. The van der Waals surface area contributed by atoms with Gasteiger partial charge in [0.25, 0.3) is 20.2 Å². The second-order valence-corrected chi connectivity index (χ2v) is 16.6. The van der Waals surface area contributed by atoms with Crippen LogP contribution in [0, 0.1) is 13.8 Å². The fourth-order valence-electron chi connectivity index (χ4n) is 7.15. The molecule has 12 heteroatoms. The minimum absolute atomic E-state index is 0.166. The summed E-state index contributed by atoms with van der Waals surface area (Å²) in [5, 5.41) is 0. The highest BCUT2D eigenvalue weighted by atomic mass is 32.2. The Morgan fingerprint density at radius 1 is 0.957 bits per heavy atom. The van der Waals surface area contributed by atoms with Gasteiger partial charge in [0, 0.05) is 41.9 Å². The highest BCUT2D eigenvalue weighted by Gasteiger charge is 2.47. The molecule has 0 aliphatic carbocycles. The van der Waals surface area contributed by atoms with Crippen LogP contribution in [-0.2, 0) is 35.8 Å². The summed E-state index contributed by atoms with van der Waals surface area (Å²) >= 11 is 0. The van der Waals surface area contributed by atoms with Crippen molar-refractivity contribution < 1.29 is 40.0 Å². The summed E-state index contributed by atoms with van der Waals surface area (Å²) in [4.78, 5) is 15.3. The SMILES string of the molecule is CCCOC(=O)c1cccc2c1C(C)(C)C(/C=C/C=C1/N(CCCS(=O)(=O)O)c3cc(C)cc(C)c3C1(C)C)=[N+]2CCCS(=O)(=O)O. The molecule has 47 heavy (non-hydrogen) atoms. The van der Waals surface area contributed by atoms with Crippen LogP contribution in [0.15, 0.2) is 54.3 Å². The van der Waals surface area contributed by atoms with E-state index in [-0.39, 0.29) is 25.1 Å². The van der Waals surface area contributed by atoms with Crippen molar-refractivity contribution in [2.45, 2.75) is 78.6 Å². The zero-order valence-electron chi connectivity index (χ0n) is 28.3. The fourth-order valence-corrected chi connectivity index (χ4v) is 8.13. The molecular weight excluding hydrogens is 641 g/mol. The fraction of sp³-hybridized carbons (Fsp3) is 0.486. The molecular formula is C35H47N2O8S2+. The Morgan fingerprint density at radius 2 is 1.62 bits per heavy atom. The quantitative estimate of drug-likeness (QED) is 0.146.